The van der Waals surface area contributed by atoms with Gasteiger partial charge in [-0.3, -0.25) is 14.5 Å². The number of pyridine rings is 1. The molecule has 2 aromatic heterocycles. The van der Waals surface area contributed by atoms with E-state index < -0.39 is 0 Å². The molecule has 2 aliphatic heterocycles. The van der Waals surface area contributed by atoms with Gasteiger partial charge in [-0.15, -0.1) is 0 Å². The second kappa shape index (κ2) is 5.93. The summed E-state index contributed by atoms with van der Waals surface area (Å²) in [6, 6.07) is 16.0. The number of fused-ring (bicyclic) bond motifs is 1. The van der Waals surface area contributed by atoms with E-state index in [1.165, 1.54) is 5.06 Å². The fourth-order valence-electron chi connectivity index (χ4n) is 3.93. The molecular formula is C20H20N4O2. The number of rotatable bonds is 4. The van der Waals surface area contributed by atoms with Gasteiger partial charge in [-0.05, 0) is 17.7 Å². The van der Waals surface area contributed by atoms with Gasteiger partial charge in [0.25, 0.3) is 0 Å². The van der Waals surface area contributed by atoms with Crippen molar-refractivity contribution in [3.05, 3.63) is 72.2 Å². The number of nitrogens with zero attached hydrogens (tertiary/aromatic N) is 4. The van der Waals surface area contributed by atoms with Gasteiger partial charge in [-0.1, -0.05) is 36.4 Å². The zero-order valence-electron chi connectivity index (χ0n) is 14.4. The third-order valence-corrected chi connectivity index (χ3v) is 5.13. The Bertz CT molecular complexity index is 947. The number of aromatic nitrogens is 2. The molecule has 0 bridgehead atoms. The van der Waals surface area contributed by atoms with Crippen molar-refractivity contribution < 1.29 is 9.63 Å². The predicted molar refractivity (Wildman–Crippen MR) is 95.9 cm³/mol. The minimum atomic E-state index is -0.355. The molecule has 1 aromatic carbocycles. The molecule has 0 unspecified atom stereocenters. The lowest BCUT2D eigenvalue weighted by Crippen LogP contribution is -2.61. The summed E-state index contributed by atoms with van der Waals surface area (Å²) in [5.41, 5.74) is 2.84. The highest BCUT2D eigenvalue weighted by Crippen LogP contribution is 2.37. The van der Waals surface area contributed by atoms with E-state index in [-0.39, 0.29) is 11.5 Å². The second-order valence-corrected chi connectivity index (χ2v) is 7.19. The Morgan fingerprint density at radius 2 is 1.85 bits per heavy atom. The van der Waals surface area contributed by atoms with Gasteiger partial charge in [0.05, 0.1) is 24.9 Å². The molecule has 0 aliphatic carbocycles. The Hall–Kier alpha value is -2.70. The first-order valence-corrected chi connectivity index (χ1v) is 8.88. The molecule has 0 atom stereocenters. The summed E-state index contributed by atoms with van der Waals surface area (Å²) in [6.07, 6.45) is 4.41. The zero-order valence-corrected chi connectivity index (χ0v) is 14.4. The maximum Gasteiger partial charge on any atom is 0.249 e. The maximum atomic E-state index is 12.4. The summed E-state index contributed by atoms with van der Waals surface area (Å²) in [6.45, 7) is 2.85. The topological polar surface area (TPSA) is 50.1 Å². The fourth-order valence-corrected chi connectivity index (χ4v) is 3.93. The molecule has 1 amide bonds. The van der Waals surface area contributed by atoms with Crippen LogP contribution in [0.2, 0.25) is 0 Å². The number of benzene rings is 1. The van der Waals surface area contributed by atoms with Crippen molar-refractivity contribution in [1.29, 1.82) is 0 Å². The molecule has 2 fully saturated rings. The predicted octanol–water partition coefficient (Wildman–Crippen LogP) is 2.25. The van der Waals surface area contributed by atoms with Crippen LogP contribution in [0.15, 0.2) is 60.9 Å². The largest absolute Gasteiger partial charge is 0.303 e. The summed E-state index contributed by atoms with van der Waals surface area (Å²) >= 11 is 0. The summed E-state index contributed by atoms with van der Waals surface area (Å²) in [7, 11) is 0. The number of amides is 1. The average molecular weight is 348 g/mol. The number of hydroxylamine groups is 2. The number of hydrogen-bond acceptors (Lipinski definition) is 4. The first-order valence-electron chi connectivity index (χ1n) is 8.88. The highest BCUT2D eigenvalue weighted by Gasteiger charge is 2.53. The van der Waals surface area contributed by atoms with E-state index in [4.69, 9.17) is 4.84 Å². The van der Waals surface area contributed by atoms with E-state index in [1.54, 1.807) is 0 Å². The molecule has 0 N–H and O–H groups in total. The van der Waals surface area contributed by atoms with Crippen LogP contribution in [-0.4, -0.2) is 43.9 Å². The molecule has 0 saturated carbocycles. The van der Waals surface area contributed by atoms with Crippen molar-refractivity contribution in [1.82, 2.24) is 19.3 Å². The van der Waals surface area contributed by atoms with Crippen molar-refractivity contribution in [2.45, 2.75) is 25.1 Å². The first-order chi connectivity index (χ1) is 12.7. The lowest BCUT2D eigenvalue weighted by Gasteiger charge is -2.45. The van der Waals surface area contributed by atoms with Crippen molar-refractivity contribution in [2.75, 3.05) is 13.1 Å². The molecule has 2 aliphatic rings. The molecule has 2 saturated heterocycles. The number of carbonyl (C=O) groups excluding carboxylic acids is 1. The van der Waals surface area contributed by atoms with Gasteiger partial charge in [-0.25, -0.2) is 10.0 Å². The van der Waals surface area contributed by atoms with Crippen LogP contribution in [0.4, 0.5) is 0 Å². The van der Waals surface area contributed by atoms with Gasteiger partial charge in [0.15, 0.2) is 0 Å². The molecule has 3 aromatic rings. The zero-order chi connectivity index (χ0) is 17.6. The standard InChI is InChI=1S/C20H20N4O2/c25-19-10-20(26-24(19)12-16-6-2-1-3-7-16)14-22(15-20)13-17-11-21-18-8-4-5-9-23(17)18/h1-9,11H,10,12-15H2. The fraction of sp³-hybridized carbons (Fsp3) is 0.300. The Morgan fingerprint density at radius 3 is 2.69 bits per heavy atom. The van der Waals surface area contributed by atoms with Gasteiger partial charge in [0, 0.05) is 25.8 Å². The molecule has 5 rings (SSSR count). The smallest absolute Gasteiger partial charge is 0.249 e. The quantitative estimate of drug-likeness (QED) is 0.726. The number of likely N-dealkylation sites (tertiary alicyclic amines) is 1. The molecule has 26 heavy (non-hydrogen) atoms. The van der Waals surface area contributed by atoms with E-state index >= 15 is 0 Å². The van der Waals surface area contributed by atoms with E-state index in [9.17, 15) is 4.79 Å². The molecule has 6 heteroatoms. The summed E-state index contributed by atoms with van der Waals surface area (Å²) in [4.78, 5) is 25.1. The summed E-state index contributed by atoms with van der Waals surface area (Å²) < 4.78 is 2.10. The normalized spacial score (nSPS) is 19.4. The minimum absolute atomic E-state index is 0.0725. The lowest BCUT2D eigenvalue weighted by atomic mass is 9.91. The molecule has 6 nitrogen and oxygen atoms in total. The highest BCUT2D eigenvalue weighted by atomic mass is 16.7. The monoisotopic (exact) mass is 348 g/mol. The van der Waals surface area contributed by atoms with Crippen molar-refractivity contribution in [3.63, 3.8) is 0 Å². The number of imidazole rings is 1. The minimum Gasteiger partial charge on any atom is -0.303 e. The average Bonchev–Trinajstić information content (AvgIpc) is 3.18. The molecule has 132 valence electrons. The maximum absolute atomic E-state index is 12.4. The van der Waals surface area contributed by atoms with Gasteiger partial charge >= 0.3 is 0 Å². The van der Waals surface area contributed by atoms with Crippen molar-refractivity contribution in [3.8, 4) is 0 Å². The van der Waals surface area contributed by atoms with Gasteiger partial charge in [0.1, 0.15) is 11.2 Å². The highest BCUT2D eigenvalue weighted by molar-refractivity contribution is 5.78. The third kappa shape index (κ3) is 2.67. The van der Waals surface area contributed by atoms with E-state index in [1.807, 2.05) is 60.9 Å². The SMILES string of the molecule is O=C1CC2(CN(Cc3cnc4ccccn34)C2)ON1Cc1ccccc1. The Morgan fingerprint density at radius 1 is 1.04 bits per heavy atom. The lowest BCUT2D eigenvalue weighted by molar-refractivity contribution is -0.241. The van der Waals surface area contributed by atoms with Gasteiger partial charge < -0.3 is 4.40 Å². The second-order valence-electron chi connectivity index (χ2n) is 7.19. The van der Waals surface area contributed by atoms with Crippen LogP contribution in [-0.2, 0) is 22.7 Å². The number of carbonyl (C=O) groups is 1. The molecule has 4 heterocycles. The van der Waals surface area contributed by atoms with E-state index in [0.717, 1.165) is 36.5 Å². The third-order valence-electron chi connectivity index (χ3n) is 5.13. The van der Waals surface area contributed by atoms with E-state index in [0.29, 0.717) is 13.0 Å². The first kappa shape index (κ1) is 15.5. The van der Waals surface area contributed by atoms with Crippen LogP contribution < -0.4 is 0 Å². The van der Waals surface area contributed by atoms with Crippen LogP contribution >= 0.6 is 0 Å². The Kier molecular flexibility index (Phi) is 3.55. The summed E-state index contributed by atoms with van der Waals surface area (Å²) in [5, 5.41) is 1.53. The van der Waals surface area contributed by atoms with Crippen LogP contribution in [0, 0.1) is 0 Å². The van der Waals surface area contributed by atoms with E-state index in [2.05, 4.69) is 14.3 Å². The Balaban J connectivity index is 1.23. The van der Waals surface area contributed by atoms with Gasteiger partial charge in [-0.2, -0.15) is 0 Å². The van der Waals surface area contributed by atoms with Crippen LogP contribution in [0.25, 0.3) is 5.65 Å². The molecule has 0 radical (unpaired) electrons. The van der Waals surface area contributed by atoms with Crippen LogP contribution in [0.1, 0.15) is 17.7 Å². The van der Waals surface area contributed by atoms with Gasteiger partial charge in [0.2, 0.25) is 5.91 Å². The molecular weight excluding hydrogens is 328 g/mol. The van der Waals surface area contributed by atoms with Crippen LogP contribution in [0.5, 0.6) is 0 Å². The molecule has 1 spiro atoms. The Labute approximate surface area is 151 Å². The van der Waals surface area contributed by atoms with Crippen LogP contribution in [0.3, 0.4) is 0 Å². The number of hydrogen-bond donors (Lipinski definition) is 0. The summed E-state index contributed by atoms with van der Waals surface area (Å²) in [5.74, 6) is 0.0725. The van der Waals surface area contributed by atoms with Crippen molar-refractivity contribution >= 4 is 11.6 Å². The van der Waals surface area contributed by atoms with Crippen molar-refractivity contribution in [2.24, 2.45) is 0 Å².